The maximum Gasteiger partial charge on any atom is 0.239 e. The number of benzene rings is 2. The van der Waals surface area contributed by atoms with Crippen LogP contribution in [0.1, 0.15) is 12.0 Å². The molecular formula is C22H22FN3O3. The fraction of sp³-hybridized carbons (Fsp3) is 0.273. The Morgan fingerprint density at radius 3 is 2.72 bits per heavy atom. The van der Waals surface area contributed by atoms with Gasteiger partial charge in [-0.05, 0) is 60.0 Å². The van der Waals surface area contributed by atoms with Crippen molar-refractivity contribution >= 4 is 22.7 Å². The Labute approximate surface area is 167 Å². The van der Waals surface area contributed by atoms with E-state index in [1.54, 1.807) is 18.1 Å². The molecular weight excluding hydrogens is 373 g/mol. The van der Waals surface area contributed by atoms with Gasteiger partial charge in [0.25, 0.3) is 0 Å². The number of hydrogen-bond donors (Lipinski definition) is 2. The number of amides is 2. The molecule has 1 aromatic heterocycles. The molecule has 0 saturated carbocycles. The lowest BCUT2D eigenvalue weighted by Crippen LogP contribution is -2.50. The maximum absolute atomic E-state index is 13.9. The average Bonchev–Trinajstić information content (AvgIpc) is 3.09. The highest BCUT2D eigenvalue weighted by Gasteiger charge is 2.22. The van der Waals surface area contributed by atoms with E-state index < -0.39 is 0 Å². The Balaban J connectivity index is 1.64. The summed E-state index contributed by atoms with van der Waals surface area (Å²) in [4.78, 5) is 29.1. The standard InChI is InChI=1S/C22H22FN3O3/c1-29-16-5-2-14(3-6-16)22-17(18-12-15(23)4-8-19(18)25-22)7-9-21(28)26-11-10-24-20(27)13-26/h2-6,8,12,25H,7,9-11,13H2,1H3,(H,24,27). The van der Waals surface area contributed by atoms with Gasteiger partial charge in [0.05, 0.1) is 13.7 Å². The molecule has 3 aromatic rings. The van der Waals surface area contributed by atoms with Gasteiger partial charge >= 0.3 is 0 Å². The van der Waals surface area contributed by atoms with E-state index in [1.807, 2.05) is 24.3 Å². The van der Waals surface area contributed by atoms with Gasteiger partial charge in [0.1, 0.15) is 11.6 Å². The quantitative estimate of drug-likeness (QED) is 0.698. The molecule has 4 rings (SSSR count). The fourth-order valence-corrected chi connectivity index (χ4v) is 3.73. The first-order chi connectivity index (χ1) is 14.0. The predicted octanol–water partition coefficient (Wildman–Crippen LogP) is 2.87. The number of hydrogen-bond acceptors (Lipinski definition) is 3. The molecule has 0 radical (unpaired) electrons. The number of aryl methyl sites for hydroxylation is 1. The minimum atomic E-state index is -0.321. The number of aromatic nitrogens is 1. The molecule has 2 heterocycles. The summed E-state index contributed by atoms with van der Waals surface area (Å²) in [5.41, 5.74) is 3.50. The van der Waals surface area contributed by atoms with Gasteiger partial charge in [0.2, 0.25) is 11.8 Å². The van der Waals surface area contributed by atoms with E-state index in [9.17, 15) is 14.0 Å². The molecule has 1 aliphatic rings. The molecule has 2 amide bonds. The van der Waals surface area contributed by atoms with Crippen LogP contribution in [0.5, 0.6) is 5.75 Å². The Hall–Kier alpha value is -3.35. The SMILES string of the molecule is COc1ccc(-c2[nH]c3ccc(F)cc3c2CCC(=O)N2CCNC(=O)C2)cc1. The Morgan fingerprint density at radius 2 is 2.00 bits per heavy atom. The fourth-order valence-electron chi connectivity index (χ4n) is 3.73. The molecule has 1 fully saturated rings. The molecule has 150 valence electrons. The second-order valence-corrected chi connectivity index (χ2v) is 7.06. The van der Waals surface area contributed by atoms with Gasteiger partial charge < -0.3 is 19.9 Å². The summed E-state index contributed by atoms with van der Waals surface area (Å²) in [6, 6.07) is 12.2. The third-order valence-electron chi connectivity index (χ3n) is 5.23. The first-order valence-electron chi connectivity index (χ1n) is 9.54. The zero-order chi connectivity index (χ0) is 20.4. The number of H-pyrrole nitrogens is 1. The summed E-state index contributed by atoms with van der Waals surface area (Å²) in [5, 5.41) is 3.48. The number of carbonyl (C=O) groups is 2. The average molecular weight is 395 g/mol. The number of nitrogens with zero attached hydrogens (tertiary/aromatic N) is 1. The van der Waals surface area contributed by atoms with Crippen LogP contribution in [0.15, 0.2) is 42.5 Å². The third kappa shape index (κ3) is 3.94. The highest BCUT2D eigenvalue weighted by molar-refractivity contribution is 5.92. The van der Waals surface area contributed by atoms with Gasteiger partial charge in [0, 0.05) is 36.1 Å². The number of rotatable bonds is 5. The number of methoxy groups -OCH3 is 1. The number of nitrogens with one attached hydrogen (secondary N) is 2. The van der Waals surface area contributed by atoms with Gasteiger partial charge in [-0.25, -0.2) is 4.39 Å². The zero-order valence-corrected chi connectivity index (χ0v) is 16.1. The van der Waals surface area contributed by atoms with Crippen molar-refractivity contribution in [1.82, 2.24) is 15.2 Å². The first kappa shape index (κ1) is 19.0. The maximum atomic E-state index is 13.9. The van der Waals surface area contributed by atoms with Gasteiger partial charge in [-0.1, -0.05) is 0 Å². The lowest BCUT2D eigenvalue weighted by Gasteiger charge is -2.26. The number of aromatic amines is 1. The normalized spacial score (nSPS) is 14.1. The number of carbonyl (C=O) groups excluding carboxylic acids is 2. The van der Waals surface area contributed by atoms with Crippen molar-refractivity contribution in [3.05, 3.63) is 53.8 Å². The second-order valence-electron chi connectivity index (χ2n) is 7.06. The first-order valence-corrected chi connectivity index (χ1v) is 9.54. The Morgan fingerprint density at radius 1 is 1.21 bits per heavy atom. The predicted molar refractivity (Wildman–Crippen MR) is 108 cm³/mol. The van der Waals surface area contributed by atoms with Crippen molar-refractivity contribution < 1.29 is 18.7 Å². The van der Waals surface area contributed by atoms with Crippen molar-refractivity contribution in [2.24, 2.45) is 0 Å². The van der Waals surface area contributed by atoms with E-state index in [1.165, 1.54) is 12.1 Å². The van der Waals surface area contributed by atoms with Crippen LogP contribution in [0.3, 0.4) is 0 Å². The molecule has 6 nitrogen and oxygen atoms in total. The van der Waals surface area contributed by atoms with E-state index in [0.717, 1.165) is 33.5 Å². The number of piperazine rings is 1. The third-order valence-corrected chi connectivity index (χ3v) is 5.23. The van der Waals surface area contributed by atoms with Crippen molar-refractivity contribution in [2.75, 3.05) is 26.7 Å². The van der Waals surface area contributed by atoms with Crippen LogP contribution in [-0.4, -0.2) is 48.4 Å². The summed E-state index contributed by atoms with van der Waals surface area (Å²) < 4.78 is 19.1. The summed E-state index contributed by atoms with van der Waals surface area (Å²) in [6.45, 7) is 1.07. The largest absolute Gasteiger partial charge is 0.497 e. The highest BCUT2D eigenvalue weighted by Crippen LogP contribution is 2.33. The zero-order valence-electron chi connectivity index (χ0n) is 16.1. The van der Waals surface area contributed by atoms with E-state index in [4.69, 9.17) is 4.74 Å². The van der Waals surface area contributed by atoms with E-state index in [-0.39, 0.29) is 30.6 Å². The summed E-state index contributed by atoms with van der Waals surface area (Å²) >= 11 is 0. The highest BCUT2D eigenvalue weighted by atomic mass is 19.1. The molecule has 0 spiro atoms. The van der Waals surface area contributed by atoms with Gasteiger partial charge in [0.15, 0.2) is 0 Å². The van der Waals surface area contributed by atoms with Crippen LogP contribution in [0, 0.1) is 5.82 Å². The van der Waals surface area contributed by atoms with Crippen LogP contribution in [-0.2, 0) is 16.0 Å². The van der Waals surface area contributed by atoms with Crippen LogP contribution < -0.4 is 10.1 Å². The number of ether oxygens (including phenoxy) is 1. The summed E-state index contributed by atoms with van der Waals surface area (Å²) in [5.74, 6) is 0.207. The van der Waals surface area contributed by atoms with Gasteiger partial charge in [-0.3, -0.25) is 9.59 Å². The van der Waals surface area contributed by atoms with Gasteiger partial charge in [-0.15, -0.1) is 0 Å². The van der Waals surface area contributed by atoms with Crippen LogP contribution >= 0.6 is 0 Å². The molecule has 2 aromatic carbocycles. The van der Waals surface area contributed by atoms with E-state index >= 15 is 0 Å². The van der Waals surface area contributed by atoms with Crippen molar-refractivity contribution in [3.63, 3.8) is 0 Å². The number of halogens is 1. The molecule has 0 bridgehead atoms. The Bertz CT molecular complexity index is 1060. The van der Waals surface area contributed by atoms with Crippen molar-refractivity contribution in [2.45, 2.75) is 12.8 Å². The lowest BCUT2D eigenvalue weighted by molar-refractivity contribution is -0.138. The molecule has 0 unspecified atom stereocenters. The Kier molecular flexibility index (Phi) is 5.20. The van der Waals surface area contributed by atoms with E-state index in [0.29, 0.717) is 19.5 Å². The molecule has 2 N–H and O–H groups in total. The molecule has 0 aliphatic carbocycles. The minimum absolute atomic E-state index is 0.0775. The second kappa shape index (κ2) is 7.95. The summed E-state index contributed by atoms with van der Waals surface area (Å²) in [7, 11) is 1.61. The molecule has 7 heteroatoms. The van der Waals surface area contributed by atoms with Gasteiger partial charge in [-0.2, -0.15) is 0 Å². The van der Waals surface area contributed by atoms with Crippen LogP contribution in [0.25, 0.3) is 22.2 Å². The van der Waals surface area contributed by atoms with Crippen molar-refractivity contribution in [1.29, 1.82) is 0 Å². The van der Waals surface area contributed by atoms with Crippen LogP contribution in [0.2, 0.25) is 0 Å². The smallest absolute Gasteiger partial charge is 0.239 e. The topological polar surface area (TPSA) is 74.4 Å². The van der Waals surface area contributed by atoms with E-state index in [2.05, 4.69) is 10.3 Å². The van der Waals surface area contributed by atoms with Crippen molar-refractivity contribution in [3.8, 4) is 17.0 Å². The molecule has 1 saturated heterocycles. The molecule has 29 heavy (non-hydrogen) atoms. The number of fused-ring (bicyclic) bond motifs is 1. The molecule has 0 atom stereocenters. The minimum Gasteiger partial charge on any atom is -0.497 e. The monoisotopic (exact) mass is 395 g/mol. The molecule has 1 aliphatic heterocycles. The lowest BCUT2D eigenvalue weighted by atomic mass is 10.0. The summed E-state index contributed by atoms with van der Waals surface area (Å²) in [6.07, 6.45) is 0.696. The van der Waals surface area contributed by atoms with Crippen LogP contribution in [0.4, 0.5) is 4.39 Å².